The molecule has 1 aliphatic rings. The molecule has 0 amide bonds. The number of carboxylic acid groups (broad SMARTS) is 1. The molecule has 0 atom stereocenters. The van der Waals surface area contributed by atoms with Crippen LogP contribution in [0.4, 0.5) is 11.4 Å². The summed E-state index contributed by atoms with van der Waals surface area (Å²) in [6.45, 7) is 5.84. The van der Waals surface area contributed by atoms with Crippen LogP contribution < -0.4 is 20.4 Å². The summed E-state index contributed by atoms with van der Waals surface area (Å²) in [6, 6.07) is 6.24. The molecule has 0 aromatic heterocycles. The first-order chi connectivity index (χ1) is 12.0. The van der Waals surface area contributed by atoms with E-state index in [1.54, 1.807) is 12.1 Å². The molecule has 1 saturated heterocycles. The number of carboxylic acids is 1. The second kappa shape index (κ2) is 9.42. The first kappa shape index (κ1) is 19.3. The molecule has 0 unspecified atom stereocenters. The van der Waals surface area contributed by atoms with Crippen LogP contribution in [0, 0.1) is 10.1 Å². The zero-order valence-corrected chi connectivity index (χ0v) is 14.2. The van der Waals surface area contributed by atoms with Gasteiger partial charge in [0.05, 0.1) is 18.0 Å². The summed E-state index contributed by atoms with van der Waals surface area (Å²) in [4.78, 5) is 22.0. The van der Waals surface area contributed by atoms with Crippen LogP contribution in [-0.2, 0) is 4.79 Å². The second-order valence-corrected chi connectivity index (χ2v) is 6.17. The van der Waals surface area contributed by atoms with Gasteiger partial charge >= 0.3 is 5.97 Å². The number of non-ortho nitro benzene ring substituents is 1. The number of hydrogen-bond donors (Lipinski definition) is 4. The highest BCUT2D eigenvalue weighted by atomic mass is 16.6. The van der Waals surface area contributed by atoms with Crippen molar-refractivity contribution in [1.29, 1.82) is 0 Å². The largest absolute Gasteiger partial charge is 0.477 e. The highest BCUT2D eigenvalue weighted by Gasteiger charge is 2.33. The Morgan fingerprint density at radius 2 is 1.48 bits per heavy atom. The lowest BCUT2D eigenvalue weighted by Gasteiger charge is -2.37. The number of nitro benzene ring substituents is 1. The van der Waals surface area contributed by atoms with E-state index in [0.717, 1.165) is 31.9 Å². The third-order valence-corrected chi connectivity index (χ3v) is 4.44. The minimum Gasteiger partial charge on any atom is -0.477 e. The number of rotatable bonds is 4. The maximum absolute atomic E-state index is 11.5. The summed E-state index contributed by atoms with van der Waals surface area (Å²) in [6.07, 6.45) is 0. The molecule has 2 rings (SSSR count). The maximum Gasteiger partial charge on any atom is 0.359 e. The van der Waals surface area contributed by atoms with Gasteiger partial charge in [-0.3, -0.25) is 14.6 Å². The van der Waals surface area contributed by atoms with E-state index in [2.05, 4.69) is 16.0 Å². The molecule has 4 N–H and O–H groups in total. The Kier molecular flexibility index (Phi) is 7.26. The van der Waals surface area contributed by atoms with Crippen molar-refractivity contribution in [2.75, 3.05) is 58.9 Å². The summed E-state index contributed by atoms with van der Waals surface area (Å²) in [5.74, 6) is -0.882. The Morgan fingerprint density at radius 3 is 1.92 bits per heavy atom. The Morgan fingerprint density at radius 1 is 1.00 bits per heavy atom. The van der Waals surface area contributed by atoms with Crippen molar-refractivity contribution in [3.63, 3.8) is 0 Å². The zero-order valence-electron chi connectivity index (χ0n) is 14.2. The van der Waals surface area contributed by atoms with E-state index in [4.69, 9.17) is 0 Å². The quantitative estimate of drug-likeness (QED) is 0.336. The molecule has 1 aliphatic heterocycles. The number of nitro groups is 1. The Hall–Kier alpha value is -2.07. The van der Waals surface area contributed by atoms with E-state index in [1.807, 2.05) is 0 Å². The van der Waals surface area contributed by atoms with Crippen molar-refractivity contribution >= 4 is 17.3 Å². The Bertz CT molecular complexity index is 566. The SMILES string of the molecule is O=C(O)C[N+]1(c2ccc([N+](=O)[O-])cc2)CCNCCNCCNCC1. The van der Waals surface area contributed by atoms with Crippen molar-refractivity contribution in [3.8, 4) is 0 Å². The zero-order chi connectivity index (χ0) is 18.1. The molecule has 1 heterocycles. The van der Waals surface area contributed by atoms with Gasteiger partial charge in [-0.25, -0.2) is 4.79 Å². The van der Waals surface area contributed by atoms with E-state index < -0.39 is 10.9 Å². The average Bonchev–Trinajstić information content (AvgIpc) is 2.57. The molecule has 9 heteroatoms. The summed E-state index contributed by atoms with van der Waals surface area (Å²) < 4.78 is 0.251. The lowest BCUT2D eigenvalue weighted by molar-refractivity contribution is -0.384. The third kappa shape index (κ3) is 5.75. The van der Waals surface area contributed by atoms with E-state index in [9.17, 15) is 20.0 Å². The van der Waals surface area contributed by atoms with Gasteiger partial charge in [0.25, 0.3) is 5.69 Å². The van der Waals surface area contributed by atoms with Gasteiger partial charge in [0.2, 0.25) is 0 Å². The molecule has 0 spiro atoms. The lowest BCUT2D eigenvalue weighted by atomic mass is 10.2. The first-order valence-electron chi connectivity index (χ1n) is 8.49. The predicted octanol–water partition coefficient (Wildman–Crippen LogP) is -0.231. The van der Waals surface area contributed by atoms with E-state index in [-0.39, 0.29) is 16.7 Å². The highest BCUT2D eigenvalue weighted by molar-refractivity contribution is 5.72. The second-order valence-electron chi connectivity index (χ2n) is 6.17. The molecule has 0 saturated carbocycles. The molecular formula is C16H26N5O4+. The highest BCUT2D eigenvalue weighted by Crippen LogP contribution is 2.25. The number of quaternary nitrogens is 1. The predicted molar refractivity (Wildman–Crippen MR) is 95.7 cm³/mol. The first-order valence-corrected chi connectivity index (χ1v) is 8.49. The van der Waals surface area contributed by atoms with Crippen molar-refractivity contribution in [1.82, 2.24) is 20.4 Å². The molecule has 1 aromatic rings. The Labute approximate surface area is 146 Å². The minimum absolute atomic E-state index is 0.00824. The van der Waals surface area contributed by atoms with E-state index >= 15 is 0 Å². The van der Waals surface area contributed by atoms with Crippen LogP contribution >= 0.6 is 0 Å². The molecule has 0 aliphatic carbocycles. The van der Waals surface area contributed by atoms with Gasteiger partial charge in [0, 0.05) is 63.5 Å². The van der Waals surface area contributed by atoms with E-state index in [1.165, 1.54) is 12.1 Å². The fourth-order valence-electron chi connectivity index (χ4n) is 3.08. The normalized spacial score (nSPS) is 19.4. The summed E-state index contributed by atoms with van der Waals surface area (Å²) >= 11 is 0. The fraction of sp³-hybridized carbons (Fsp3) is 0.562. The van der Waals surface area contributed by atoms with Gasteiger partial charge in [-0.05, 0) is 0 Å². The average molecular weight is 352 g/mol. The summed E-state index contributed by atoms with van der Waals surface area (Å²) in [5.41, 5.74) is 0.792. The monoisotopic (exact) mass is 352 g/mol. The van der Waals surface area contributed by atoms with Crippen LogP contribution in [0.2, 0.25) is 0 Å². The van der Waals surface area contributed by atoms with Crippen molar-refractivity contribution in [2.24, 2.45) is 0 Å². The van der Waals surface area contributed by atoms with E-state index in [0.29, 0.717) is 26.2 Å². The molecule has 138 valence electrons. The van der Waals surface area contributed by atoms with Crippen LogP contribution in [0.5, 0.6) is 0 Å². The summed E-state index contributed by atoms with van der Waals surface area (Å²) in [7, 11) is 0. The minimum atomic E-state index is -0.882. The van der Waals surface area contributed by atoms with Gasteiger partial charge in [0.1, 0.15) is 5.69 Å². The molecule has 0 radical (unpaired) electrons. The van der Waals surface area contributed by atoms with Crippen molar-refractivity contribution in [2.45, 2.75) is 0 Å². The van der Waals surface area contributed by atoms with Crippen LogP contribution in [0.3, 0.4) is 0 Å². The number of carbonyl (C=O) groups is 1. The Balaban J connectivity index is 2.26. The number of nitrogens with one attached hydrogen (secondary N) is 3. The van der Waals surface area contributed by atoms with Crippen LogP contribution in [0.1, 0.15) is 0 Å². The summed E-state index contributed by atoms with van der Waals surface area (Å²) in [5, 5.41) is 30.3. The van der Waals surface area contributed by atoms with Crippen molar-refractivity contribution in [3.05, 3.63) is 34.4 Å². The van der Waals surface area contributed by atoms with Crippen LogP contribution in [-0.4, -0.2) is 74.9 Å². The smallest absolute Gasteiger partial charge is 0.359 e. The fourth-order valence-corrected chi connectivity index (χ4v) is 3.08. The standard InChI is InChI=1S/C16H25N5O4/c22-16(23)13-21(15-3-1-14(2-4-15)20(24)25)11-9-18-7-5-17-6-8-19-10-12-21/h1-4,17-19H,5-13H2/p+1. The number of benzene rings is 1. The number of aliphatic carboxylic acids is 1. The van der Waals surface area contributed by atoms with Gasteiger partial charge in [0.15, 0.2) is 6.54 Å². The molecule has 25 heavy (non-hydrogen) atoms. The maximum atomic E-state index is 11.5. The molecule has 9 nitrogen and oxygen atoms in total. The molecular weight excluding hydrogens is 326 g/mol. The van der Waals surface area contributed by atoms with Crippen LogP contribution in [0.25, 0.3) is 0 Å². The molecule has 1 aromatic carbocycles. The van der Waals surface area contributed by atoms with Gasteiger partial charge in [-0.15, -0.1) is 0 Å². The molecule has 1 fully saturated rings. The molecule has 0 bridgehead atoms. The number of hydrogen-bond acceptors (Lipinski definition) is 6. The van der Waals surface area contributed by atoms with Gasteiger partial charge < -0.3 is 21.1 Å². The van der Waals surface area contributed by atoms with Gasteiger partial charge in [-0.1, -0.05) is 0 Å². The van der Waals surface area contributed by atoms with Crippen LogP contribution in [0.15, 0.2) is 24.3 Å². The lowest BCUT2D eigenvalue weighted by Crippen LogP contribution is -2.58. The number of nitrogens with zero attached hydrogens (tertiary/aromatic N) is 2. The third-order valence-electron chi connectivity index (χ3n) is 4.44. The topological polar surface area (TPSA) is 117 Å². The van der Waals surface area contributed by atoms with Gasteiger partial charge in [-0.2, -0.15) is 0 Å². The van der Waals surface area contributed by atoms with Crippen molar-refractivity contribution < 1.29 is 14.8 Å².